The molecule has 4 N–H and O–H groups in total. The second kappa shape index (κ2) is 6.94. The third-order valence-corrected chi connectivity index (χ3v) is 2.18. The fourth-order valence-electron chi connectivity index (χ4n) is 1.27. The fourth-order valence-corrected chi connectivity index (χ4v) is 1.27. The maximum Gasteiger partial charge on any atom is 0.326 e. The number of rotatable bonds is 6. The van der Waals surface area contributed by atoms with E-state index in [2.05, 4.69) is 15.6 Å². The minimum atomic E-state index is -1.46. The quantitative estimate of drug-likeness (QED) is 0.565. The van der Waals surface area contributed by atoms with Gasteiger partial charge < -0.3 is 20.8 Å². The SMILES string of the molecule is O=C(O)C[C@@H](NC(=O)NCc1ccncc1)C(=O)O. The summed E-state index contributed by atoms with van der Waals surface area (Å²) < 4.78 is 0. The Hall–Kier alpha value is -2.64. The van der Waals surface area contributed by atoms with Gasteiger partial charge in [0.05, 0.1) is 6.42 Å². The molecule has 0 saturated heterocycles. The molecule has 1 aromatic heterocycles. The summed E-state index contributed by atoms with van der Waals surface area (Å²) in [5, 5.41) is 21.7. The number of carboxylic acids is 2. The molecule has 1 aromatic rings. The van der Waals surface area contributed by atoms with Crippen molar-refractivity contribution in [2.24, 2.45) is 0 Å². The Bertz CT molecular complexity index is 463. The van der Waals surface area contributed by atoms with E-state index in [1.54, 1.807) is 24.5 Å². The summed E-state index contributed by atoms with van der Waals surface area (Å²) >= 11 is 0. The molecule has 0 saturated carbocycles. The van der Waals surface area contributed by atoms with E-state index in [0.29, 0.717) is 0 Å². The minimum absolute atomic E-state index is 0.188. The van der Waals surface area contributed by atoms with Crippen molar-refractivity contribution in [2.75, 3.05) is 0 Å². The van der Waals surface area contributed by atoms with Crippen LogP contribution in [0.1, 0.15) is 12.0 Å². The van der Waals surface area contributed by atoms with E-state index in [9.17, 15) is 14.4 Å². The molecule has 0 spiro atoms. The molecule has 0 radical (unpaired) electrons. The average Bonchev–Trinajstić information content (AvgIpc) is 2.36. The van der Waals surface area contributed by atoms with E-state index >= 15 is 0 Å². The number of aliphatic carboxylic acids is 2. The van der Waals surface area contributed by atoms with Gasteiger partial charge in [-0.3, -0.25) is 9.78 Å². The molecular weight excluding hydrogens is 254 g/mol. The molecule has 1 atom stereocenters. The summed E-state index contributed by atoms with van der Waals surface area (Å²) in [7, 11) is 0. The molecule has 0 aliphatic carbocycles. The number of hydrogen-bond acceptors (Lipinski definition) is 4. The highest BCUT2D eigenvalue weighted by Gasteiger charge is 2.22. The van der Waals surface area contributed by atoms with Crippen LogP contribution in [0.3, 0.4) is 0 Å². The van der Waals surface area contributed by atoms with Gasteiger partial charge in [0.15, 0.2) is 0 Å². The monoisotopic (exact) mass is 267 g/mol. The lowest BCUT2D eigenvalue weighted by atomic mass is 10.2. The van der Waals surface area contributed by atoms with Gasteiger partial charge in [0, 0.05) is 18.9 Å². The summed E-state index contributed by atoms with van der Waals surface area (Å²) in [5.74, 6) is -2.71. The Kier molecular flexibility index (Phi) is 5.27. The van der Waals surface area contributed by atoms with E-state index in [4.69, 9.17) is 10.2 Å². The lowest BCUT2D eigenvalue weighted by Gasteiger charge is -2.13. The summed E-state index contributed by atoms with van der Waals surface area (Å²) in [5.41, 5.74) is 0.787. The molecule has 102 valence electrons. The summed E-state index contributed by atoms with van der Waals surface area (Å²) in [6, 6.07) is 1.17. The van der Waals surface area contributed by atoms with Crippen LogP contribution in [-0.2, 0) is 16.1 Å². The molecule has 1 rings (SSSR count). The molecule has 2 amide bonds. The Balaban J connectivity index is 2.45. The van der Waals surface area contributed by atoms with E-state index in [0.717, 1.165) is 5.56 Å². The predicted molar refractivity (Wildman–Crippen MR) is 63.3 cm³/mol. The van der Waals surface area contributed by atoms with E-state index in [1.165, 1.54) is 0 Å². The predicted octanol–water partition coefficient (Wildman–Crippen LogP) is -0.191. The van der Waals surface area contributed by atoms with Gasteiger partial charge in [-0.25, -0.2) is 9.59 Å². The van der Waals surface area contributed by atoms with Crippen LogP contribution in [0.15, 0.2) is 24.5 Å². The third-order valence-electron chi connectivity index (χ3n) is 2.18. The molecular formula is C11H13N3O5. The second-order valence-electron chi connectivity index (χ2n) is 3.67. The van der Waals surface area contributed by atoms with Crippen molar-refractivity contribution in [3.63, 3.8) is 0 Å². The van der Waals surface area contributed by atoms with Gasteiger partial charge in [-0.1, -0.05) is 0 Å². The normalized spacial score (nSPS) is 11.4. The first-order valence-electron chi connectivity index (χ1n) is 5.37. The lowest BCUT2D eigenvalue weighted by Crippen LogP contribution is -2.46. The fraction of sp³-hybridized carbons (Fsp3) is 0.273. The van der Waals surface area contributed by atoms with Crippen molar-refractivity contribution in [1.29, 1.82) is 0 Å². The van der Waals surface area contributed by atoms with E-state index in [-0.39, 0.29) is 6.54 Å². The molecule has 0 aliphatic rings. The number of carbonyl (C=O) groups is 3. The largest absolute Gasteiger partial charge is 0.481 e. The molecule has 19 heavy (non-hydrogen) atoms. The van der Waals surface area contributed by atoms with Crippen molar-refractivity contribution in [3.05, 3.63) is 30.1 Å². The Labute approximate surface area is 108 Å². The lowest BCUT2D eigenvalue weighted by molar-refractivity contribution is -0.145. The molecule has 8 nitrogen and oxygen atoms in total. The van der Waals surface area contributed by atoms with Crippen LogP contribution < -0.4 is 10.6 Å². The number of nitrogens with one attached hydrogen (secondary N) is 2. The number of hydrogen-bond donors (Lipinski definition) is 4. The van der Waals surface area contributed by atoms with Crippen LogP contribution in [0.2, 0.25) is 0 Å². The molecule has 0 unspecified atom stereocenters. The molecule has 0 aliphatic heterocycles. The summed E-state index contributed by atoms with van der Waals surface area (Å²) in [6.45, 7) is 0.188. The molecule has 0 aromatic carbocycles. The third kappa shape index (κ3) is 5.48. The van der Waals surface area contributed by atoms with Crippen molar-refractivity contribution >= 4 is 18.0 Å². The van der Waals surface area contributed by atoms with E-state index < -0.39 is 30.4 Å². The zero-order chi connectivity index (χ0) is 14.3. The van der Waals surface area contributed by atoms with Gasteiger partial charge in [-0.2, -0.15) is 0 Å². The zero-order valence-electron chi connectivity index (χ0n) is 9.87. The van der Waals surface area contributed by atoms with Crippen LogP contribution in [0.25, 0.3) is 0 Å². The molecule has 1 heterocycles. The van der Waals surface area contributed by atoms with Crippen LogP contribution >= 0.6 is 0 Å². The maximum absolute atomic E-state index is 11.4. The van der Waals surface area contributed by atoms with Crippen molar-refractivity contribution in [2.45, 2.75) is 19.0 Å². The molecule has 8 heteroatoms. The number of pyridine rings is 1. The highest BCUT2D eigenvalue weighted by molar-refractivity contribution is 5.86. The van der Waals surface area contributed by atoms with Crippen LogP contribution in [0, 0.1) is 0 Å². The zero-order valence-corrected chi connectivity index (χ0v) is 9.87. The van der Waals surface area contributed by atoms with E-state index in [1.807, 2.05) is 0 Å². The number of carboxylic acid groups (broad SMARTS) is 2. The Morgan fingerprint density at radius 2 is 1.84 bits per heavy atom. The minimum Gasteiger partial charge on any atom is -0.481 e. The number of carbonyl (C=O) groups excluding carboxylic acids is 1. The number of nitrogens with zero attached hydrogens (tertiary/aromatic N) is 1. The smallest absolute Gasteiger partial charge is 0.326 e. The maximum atomic E-state index is 11.4. The number of urea groups is 1. The van der Waals surface area contributed by atoms with Gasteiger partial charge in [-0.15, -0.1) is 0 Å². The number of aromatic nitrogens is 1. The van der Waals surface area contributed by atoms with Gasteiger partial charge >= 0.3 is 18.0 Å². The first kappa shape index (κ1) is 14.4. The number of amides is 2. The second-order valence-corrected chi connectivity index (χ2v) is 3.67. The van der Waals surface area contributed by atoms with Gasteiger partial charge in [-0.05, 0) is 17.7 Å². The van der Waals surface area contributed by atoms with Gasteiger partial charge in [0.25, 0.3) is 0 Å². The first-order chi connectivity index (χ1) is 8.99. The summed E-state index contributed by atoms with van der Waals surface area (Å²) in [6.07, 6.45) is 2.43. The Morgan fingerprint density at radius 1 is 1.21 bits per heavy atom. The molecule has 0 bridgehead atoms. The standard InChI is InChI=1S/C11H13N3O5/c15-9(16)5-8(10(17)18)14-11(19)13-6-7-1-3-12-4-2-7/h1-4,8H,5-6H2,(H,15,16)(H,17,18)(H2,13,14,19)/t8-/m1/s1. The first-order valence-corrected chi connectivity index (χ1v) is 5.37. The van der Waals surface area contributed by atoms with Crippen molar-refractivity contribution < 1.29 is 24.6 Å². The topological polar surface area (TPSA) is 129 Å². The Morgan fingerprint density at radius 3 is 2.37 bits per heavy atom. The van der Waals surface area contributed by atoms with Gasteiger partial charge in [0.1, 0.15) is 6.04 Å². The summed E-state index contributed by atoms with van der Waals surface area (Å²) in [4.78, 5) is 36.4. The highest BCUT2D eigenvalue weighted by Crippen LogP contribution is 1.96. The van der Waals surface area contributed by atoms with Crippen LogP contribution in [-0.4, -0.2) is 39.2 Å². The van der Waals surface area contributed by atoms with Crippen molar-refractivity contribution in [1.82, 2.24) is 15.6 Å². The van der Waals surface area contributed by atoms with Gasteiger partial charge in [0.2, 0.25) is 0 Å². The van der Waals surface area contributed by atoms with Crippen LogP contribution in [0.4, 0.5) is 4.79 Å². The highest BCUT2D eigenvalue weighted by atomic mass is 16.4. The van der Waals surface area contributed by atoms with Crippen molar-refractivity contribution in [3.8, 4) is 0 Å². The average molecular weight is 267 g/mol. The van der Waals surface area contributed by atoms with Crippen LogP contribution in [0.5, 0.6) is 0 Å². The molecule has 0 fully saturated rings.